The topological polar surface area (TPSA) is 31.2 Å². The third-order valence-electron chi connectivity index (χ3n) is 2.74. The van der Waals surface area contributed by atoms with Crippen LogP contribution in [0.15, 0.2) is 42.6 Å². The molecule has 0 fully saturated rings. The van der Waals surface area contributed by atoms with Crippen LogP contribution in [0.4, 0.5) is 0 Å². The molecule has 2 aromatic rings. The number of aromatic nitrogens is 1. The lowest BCUT2D eigenvalue weighted by molar-refractivity contribution is 0.0588. The zero-order valence-electron chi connectivity index (χ0n) is 10.1. The lowest BCUT2D eigenvalue weighted by atomic mass is 10.1. The molecule has 94 valence electrons. The second-order valence-corrected chi connectivity index (χ2v) is 5.21. The normalized spacial score (nSPS) is 10.3. The van der Waals surface area contributed by atoms with Crippen LogP contribution in [0.5, 0.6) is 0 Å². The third kappa shape index (κ3) is 3.13. The van der Waals surface area contributed by atoms with Crippen LogP contribution in [0.25, 0.3) is 0 Å². The van der Waals surface area contributed by atoms with E-state index < -0.39 is 0 Å². The number of hydrogen-bond acceptors (Lipinski definition) is 2. The van der Waals surface area contributed by atoms with Crippen molar-refractivity contribution in [1.29, 1.82) is 0 Å². The van der Waals surface area contributed by atoms with Gasteiger partial charge < -0.3 is 9.30 Å². The summed E-state index contributed by atoms with van der Waals surface area (Å²) < 4.78 is 7.77. The van der Waals surface area contributed by atoms with E-state index in [0.717, 1.165) is 16.5 Å². The van der Waals surface area contributed by atoms with Crippen molar-refractivity contribution < 1.29 is 9.53 Å². The van der Waals surface area contributed by atoms with Crippen molar-refractivity contribution in [3.8, 4) is 0 Å². The van der Waals surface area contributed by atoms with Gasteiger partial charge in [-0.3, -0.25) is 0 Å². The molecule has 0 amide bonds. The Labute approximate surface area is 120 Å². The fourth-order valence-electron chi connectivity index (χ4n) is 1.83. The fraction of sp³-hybridized carbons (Fsp3) is 0.214. The summed E-state index contributed by atoms with van der Waals surface area (Å²) in [5.74, 6) is -0.286. The Bertz CT molecular complexity index is 534. The molecule has 0 bridgehead atoms. The Kier molecular flexibility index (Phi) is 4.41. The molecule has 0 unspecified atom stereocenters. The zero-order valence-corrected chi connectivity index (χ0v) is 12.3. The Morgan fingerprint density at radius 1 is 1.33 bits per heavy atom. The fourth-order valence-corrected chi connectivity index (χ4v) is 2.46. The van der Waals surface area contributed by atoms with Gasteiger partial charge in [-0.15, -0.1) is 0 Å². The minimum absolute atomic E-state index is 0.286. The molecule has 0 atom stereocenters. The predicted molar refractivity (Wildman–Crippen MR) is 78.6 cm³/mol. The van der Waals surface area contributed by atoms with Crippen molar-refractivity contribution in [2.45, 2.75) is 13.0 Å². The Hall–Kier alpha value is -1.30. The first kappa shape index (κ1) is 13.1. The number of halogens is 1. The first-order valence-corrected chi connectivity index (χ1v) is 6.76. The number of nitrogens with zero attached hydrogens (tertiary/aromatic N) is 1. The minimum atomic E-state index is -0.286. The average Bonchev–Trinajstić information content (AvgIpc) is 2.78. The van der Waals surface area contributed by atoms with E-state index in [1.165, 1.54) is 12.7 Å². The molecule has 1 aromatic carbocycles. The molecule has 2 rings (SSSR count). The SMILES string of the molecule is COC(=O)c1cc(I)cn1CCc1ccccc1. The van der Waals surface area contributed by atoms with E-state index in [1.807, 2.05) is 35.0 Å². The number of aryl methyl sites for hydroxylation is 2. The van der Waals surface area contributed by atoms with Gasteiger partial charge in [0, 0.05) is 16.3 Å². The summed E-state index contributed by atoms with van der Waals surface area (Å²) >= 11 is 2.20. The third-order valence-corrected chi connectivity index (χ3v) is 3.33. The number of ether oxygens (including phenoxy) is 1. The van der Waals surface area contributed by atoms with Gasteiger partial charge in [0.1, 0.15) is 5.69 Å². The summed E-state index contributed by atoms with van der Waals surface area (Å²) in [5.41, 5.74) is 1.87. The van der Waals surface area contributed by atoms with E-state index in [4.69, 9.17) is 4.74 Å². The molecule has 0 N–H and O–H groups in total. The van der Waals surface area contributed by atoms with Crippen molar-refractivity contribution in [3.63, 3.8) is 0 Å². The number of benzene rings is 1. The van der Waals surface area contributed by atoms with E-state index in [1.54, 1.807) is 0 Å². The van der Waals surface area contributed by atoms with E-state index >= 15 is 0 Å². The summed E-state index contributed by atoms with van der Waals surface area (Å²) in [7, 11) is 1.41. The monoisotopic (exact) mass is 355 g/mol. The minimum Gasteiger partial charge on any atom is -0.464 e. The quantitative estimate of drug-likeness (QED) is 0.623. The Balaban J connectivity index is 2.12. The molecule has 0 saturated carbocycles. The molecular weight excluding hydrogens is 341 g/mol. The molecule has 1 aromatic heterocycles. The molecule has 0 spiro atoms. The highest BCUT2D eigenvalue weighted by atomic mass is 127. The molecule has 0 aliphatic rings. The first-order valence-electron chi connectivity index (χ1n) is 5.68. The largest absolute Gasteiger partial charge is 0.464 e. The molecule has 0 aliphatic carbocycles. The zero-order chi connectivity index (χ0) is 13.0. The lowest BCUT2D eigenvalue weighted by Crippen LogP contribution is -2.11. The number of methoxy groups -OCH3 is 1. The van der Waals surface area contributed by atoms with Crippen LogP contribution >= 0.6 is 22.6 Å². The molecule has 0 radical (unpaired) electrons. The maximum Gasteiger partial charge on any atom is 0.354 e. The van der Waals surface area contributed by atoms with Gasteiger partial charge in [-0.05, 0) is 40.6 Å². The van der Waals surface area contributed by atoms with Crippen LogP contribution in [-0.2, 0) is 17.7 Å². The highest BCUT2D eigenvalue weighted by Crippen LogP contribution is 2.13. The maximum absolute atomic E-state index is 11.6. The van der Waals surface area contributed by atoms with Crippen LogP contribution in [0, 0.1) is 3.57 Å². The van der Waals surface area contributed by atoms with Crippen molar-refractivity contribution in [2.75, 3.05) is 7.11 Å². The Morgan fingerprint density at radius 2 is 2.06 bits per heavy atom. The second-order valence-electron chi connectivity index (χ2n) is 3.96. The van der Waals surface area contributed by atoms with Gasteiger partial charge in [0.25, 0.3) is 0 Å². The van der Waals surface area contributed by atoms with Crippen LogP contribution < -0.4 is 0 Å². The van der Waals surface area contributed by atoms with Crippen molar-refractivity contribution in [1.82, 2.24) is 4.57 Å². The van der Waals surface area contributed by atoms with Gasteiger partial charge >= 0.3 is 5.97 Å². The lowest BCUT2D eigenvalue weighted by Gasteiger charge is -2.07. The Morgan fingerprint density at radius 3 is 2.72 bits per heavy atom. The molecule has 18 heavy (non-hydrogen) atoms. The maximum atomic E-state index is 11.6. The van der Waals surface area contributed by atoms with Gasteiger partial charge in [0.05, 0.1) is 7.11 Å². The summed E-state index contributed by atoms with van der Waals surface area (Å²) in [6.07, 6.45) is 2.87. The highest BCUT2D eigenvalue weighted by molar-refractivity contribution is 14.1. The van der Waals surface area contributed by atoms with Crippen LogP contribution in [0.1, 0.15) is 16.1 Å². The molecular formula is C14H14INO2. The number of rotatable bonds is 4. The molecule has 0 aliphatic heterocycles. The van der Waals surface area contributed by atoms with E-state index in [0.29, 0.717) is 5.69 Å². The molecule has 4 heteroatoms. The average molecular weight is 355 g/mol. The standard InChI is InChI=1S/C14H14INO2/c1-18-14(17)13-9-12(15)10-16(13)8-7-11-5-3-2-4-6-11/h2-6,9-10H,7-8H2,1H3. The first-order chi connectivity index (χ1) is 8.70. The van der Waals surface area contributed by atoms with Crippen LogP contribution in [0.3, 0.4) is 0 Å². The summed E-state index contributed by atoms with van der Waals surface area (Å²) in [6, 6.07) is 12.1. The van der Waals surface area contributed by atoms with Crippen LogP contribution in [0.2, 0.25) is 0 Å². The smallest absolute Gasteiger partial charge is 0.354 e. The summed E-state index contributed by atoms with van der Waals surface area (Å²) in [5, 5.41) is 0. The number of esters is 1. The number of hydrogen-bond donors (Lipinski definition) is 0. The van der Waals surface area contributed by atoms with Crippen molar-refractivity contribution in [3.05, 3.63) is 57.4 Å². The number of carbonyl (C=O) groups excluding carboxylic acids is 1. The van der Waals surface area contributed by atoms with Crippen LogP contribution in [-0.4, -0.2) is 17.6 Å². The molecule has 1 heterocycles. The highest BCUT2D eigenvalue weighted by Gasteiger charge is 2.12. The van der Waals surface area contributed by atoms with E-state index in [9.17, 15) is 4.79 Å². The summed E-state index contributed by atoms with van der Waals surface area (Å²) in [4.78, 5) is 11.6. The summed E-state index contributed by atoms with van der Waals surface area (Å²) in [6.45, 7) is 0.775. The van der Waals surface area contributed by atoms with Gasteiger partial charge in [0.15, 0.2) is 0 Å². The number of carbonyl (C=O) groups is 1. The van der Waals surface area contributed by atoms with Gasteiger partial charge in [-0.2, -0.15) is 0 Å². The van der Waals surface area contributed by atoms with Gasteiger partial charge in [-0.25, -0.2) is 4.79 Å². The molecule has 3 nitrogen and oxygen atoms in total. The van der Waals surface area contributed by atoms with E-state index in [2.05, 4.69) is 34.7 Å². The van der Waals surface area contributed by atoms with E-state index in [-0.39, 0.29) is 5.97 Å². The van der Waals surface area contributed by atoms with Gasteiger partial charge in [0.2, 0.25) is 0 Å². The van der Waals surface area contributed by atoms with Gasteiger partial charge in [-0.1, -0.05) is 30.3 Å². The predicted octanol–water partition coefficient (Wildman–Crippen LogP) is 3.12. The second kappa shape index (κ2) is 6.04. The van der Waals surface area contributed by atoms with Crippen molar-refractivity contribution in [2.24, 2.45) is 0 Å². The van der Waals surface area contributed by atoms with Crippen molar-refractivity contribution >= 4 is 28.6 Å². The molecule has 0 saturated heterocycles.